The van der Waals surface area contributed by atoms with Crippen molar-refractivity contribution in [2.45, 2.75) is 0 Å². The highest BCUT2D eigenvalue weighted by atomic mass is 32.2. The Morgan fingerprint density at radius 2 is 2.19 bits per heavy atom. The molecule has 0 spiro atoms. The van der Waals surface area contributed by atoms with Crippen LogP contribution in [-0.4, -0.2) is 33.0 Å². The van der Waals surface area contributed by atoms with Crippen LogP contribution in [0.5, 0.6) is 5.75 Å². The Morgan fingerprint density at radius 1 is 1.50 bits per heavy atom. The zero-order valence-electron chi connectivity index (χ0n) is 8.60. The lowest BCUT2D eigenvalue weighted by Crippen LogP contribution is -2.18. The van der Waals surface area contributed by atoms with Gasteiger partial charge in [0.25, 0.3) is 0 Å². The molecule has 16 heavy (non-hydrogen) atoms. The molecule has 0 bridgehead atoms. The van der Waals surface area contributed by atoms with Crippen LogP contribution in [0.1, 0.15) is 0 Å². The highest BCUT2D eigenvalue weighted by molar-refractivity contribution is 7.92. The Kier molecular flexibility index (Phi) is 4.08. The van der Waals surface area contributed by atoms with Crippen LogP contribution in [0, 0.1) is 5.82 Å². The van der Waals surface area contributed by atoms with E-state index in [-0.39, 0.29) is 11.4 Å². The second-order valence-corrected chi connectivity index (χ2v) is 4.84. The third kappa shape index (κ3) is 3.35. The van der Waals surface area contributed by atoms with Crippen LogP contribution in [0.25, 0.3) is 0 Å². The van der Waals surface area contributed by atoms with Crippen LogP contribution >= 0.6 is 0 Å². The van der Waals surface area contributed by atoms with E-state index >= 15 is 0 Å². The van der Waals surface area contributed by atoms with Gasteiger partial charge in [-0.1, -0.05) is 0 Å². The van der Waals surface area contributed by atoms with Gasteiger partial charge in [0.1, 0.15) is 0 Å². The molecule has 0 radical (unpaired) electrons. The number of hydrogen-bond donors (Lipinski definition) is 2. The van der Waals surface area contributed by atoms with Crippen molar-refractivity contribution in [1.82, 2.24) is 0 Å². The average molecular weight is 249 g/mol. The number of rotatable bonds is 5. The lowest BCUT2D eigenvalue weighted by atomic mass is 10.3. The van der Waals surface area contributed by atoms with Gasteiger partial charge in [0.15, 0.2) is 11.6 Å². The summed E-state index contributed by atoms with van der Waals surface area (Å²) in [5, 5.41) is 8.52. The Hall–Kier alpha value is -1.34. The maximum absolute atomic E-state index is 13.0. The van der Waals surface area contributed by atoms with Crippen molar-refractivity contribution in [2.24, 2.45) is 0 Å². The van der Waals surface area contributed by atoms with Gasteiger partial charge in [-0.05, 0) is 12.1 Å². The van der Waals surface area contributed by atoms with E-state index in [2.05, 4.69) is 4.72 Å². The van der Waals surface area contributed by atoms with E-state index in [9.17, 15) is 12.8 Å². The minimum absolute atomic E-state index is 0.0517. The van der Waals surface area contributed by atoms with Gasteiger partial charge in [0.2, 0.25) is 10.0 Å². The Morgan fingerprint density at radius 3 is 2.75 bits per heavy atom. The fourth-order valence-corrected chi connectivity index (χ4v) is 1.90. The van der Waals surface area contributed by atoms with Gasteiger partial charge >= 0.3 is 0 Å². The predicted octanol–water partition coefficient (Wildman–Crippen LogP) is 0.568. The largest absolute Gasteiger partial charge is 0.494 e. The van der Waals surface area contributed by atoms with Gasteiger partial charge in [0.05, 0.1) is 25.2 Å². The number of methoxy groups -OCH3 is 1. The molecule has 90 valence electrons. The molecule has 0 aliphatic rings. The van der Waals surface area contributed by atoms with E-state index in [1.54, 1.807) is 0 Å². The van der Waals surface area contributed by atoms with Crippen LogP contribution in [-0.2, 0) is 10.0 Å². The summed E-state index contributed by atoms with van der Waals surface area (Å²) in [6, 6.07) is 3.59. The number of aliphatic hydroxyl groups is 1. The highest BCUT2D eigenvalue weighted by Crippen LogP contribution is 2.22. The van der Waals surface area contributed by atoms with Crippen molar-refractivity contribution in [2.75, 3.05) is 24.2 Å². The van der Waals surface area contributed by atoms with Gasteiger partial charge in [-0.15, -0.1) is 0 Å². The van der Waals surface area contributed by atoms with Crippen LogP contribution in [0.3, 0.4) is 0 Å². The van der Waals surface area contributed by atoms with Crippen LogP contribution in [0.2, 0.25) is 0 Å². The van der Waals surface area contributed by atoms with Gasteiger partial charge < -0.3 is 9.84 Å². The number of halogens is 1. The van der Waals surface area contributed by atoms with Gasteiger partial charge in [-0.25, -0.2) is 12.8 Å². The number of anilines is 1. The lowest BCUT2D eigenvalue weighted by Gasteiger charge is -2.08. The lowest BCUT2D eigenvalue weighted by molar-refractivity contribution is 0.320. The van der Waals surface area contributed by atoms with Crippen LogP contribution in [0.4, 0.5) is 10.1 Å². The first-order chi connectivity index (χ1) is 7.48. The highest BCUT2D eigenvalue weighted by Gasteiger charge is 2.11. The number of sulfonamides is 1. The average Bonchev–Trinajstić information content (AvgIpc) is 2.20. The van der Waals surface area contributed by atoms with Crippen molar-refractivity contribution >= 4 is 15.7 Å². The molecule has 0 aliphatic carbocycles. The Balaban J connectivity index is 2.90. The number of benzene rings is 1. The number of hydrogen-bond acceptors (Lipinski definition) is 4. The smallest absolute Gasteiger partial charge is 0.234 e. The predicted molar refractivity (Wildman–Crippen MR) is 57.4 cm³/mol. The van der Waals surface area contributed by atoms with Gasteiger partial charge in [0, 0.05) is 6.07 Å². The quantitative estimate of drug-likeness (QED) is 0.800. The zero-order chi connectivity index (χ0) is 12.2. The summed E-state index contributed by atoms with van der Waals surface area (Å²) in [5.41, 5.74) is 0.187. The second kappa shape index (κ2) is 5.13. The summed E-state index contributed by atoms with van der Waals surface area (Å²) >= 11 is 0. The molecule has 1 rings (SSSR count). The normalized spacial score (nSPS) is 11.2. The first-order valence-corrected chi connectivity index (χ1v) is 6.08. The molecule has 0 saturated heterocycles. The molecule has 0 fully saturated rings. The summed E-state index contributed by atoms with van der Waals surface area (Å²) in [7, 11) is -2.32. The molecule has 0 heterocycles. The minimum atomic E-state index is -3.60. The van der Waals surface area contributed by atoms with Crippen LogP contribution < -0.4 is 9.46 Å². The van der Waals surface area contributed by atoms with E-state index in [1.807, 2.05) is 0 Å². The first kappa shape index (κ1) is 12.7. The molecule has 7 heteroatoms. The molecule has 0 aliphatic heterocycles. The fourth-order valence-electron chi connectivity index (χ4n) is 1.07. The minimum Gasteiger partial charge on any atom is -0.494 e. The fraction of sp³-hybridized carbons (Fsp3) is 0.333. The molecule has 0 atom stereocenters. The van der Waals surface area contributed by atoms with Crippen molar-refractivity contribution in [3.05, 3.63) is 24.0 Å². The summed E-state index contributed by atoms with van der Waals surface area (Å²) in [6.45, 7) is -0.479. The molecule has 0 saturated carbocycles. The van der Waals surface area contributed by atoms with E-state index < -0.39 is 28.2 Å². The van der Waals surface area contributed by atoms with E-state index in [4.69, 9.17) is 9.84 Å². The maximum Gasteiger partial charge on any atom is 0.234 e. The first-order valence-electron chi connectivity index (χ1n) is 4.43. The maximum atomic E-state index is 13.0. The van der Waals surface area contributed by atoms with Gasteiger partial charge in [-0.2, -0.15) is 0 Å². The molecule has 0 unspecified atom stereocenters. The molecule has 5 nitrogen and oxygen atoms in total. The molecule has 1 aromatic rings. The Labute approximate surface area is 92.9 Å². The van der Waals surface area contributed by atoms with Crippen molar-refractivity contribution in [3.8, 4) is 5.75 Å². The van der Waals surface area contributed by atoms with Crippen molar-refractivity contribution < 1.29 is 22.7 Å². The second-order valence-electron chi connectivity index (χ2n) is 2.99. The van der Waals surface area contributed by atoms with Gasteiger partial charge in [-0.3, -0.25) is 4.72 Å². The topological polar surface area (TPSA) is 75.6 Å². The third-order valence-electron chi connectivity index (χ3n) is 1.78. The van der Waals surface area contributed by atoms with E-state index in [0.29, 0.717) is 0 Å². The van der Waals surface area contributed by atoms with Crippen LogP contribution in [0.15, 0.2) is 18.2 Å². The molecule has 0 amide bonds. The van der Waals surface area contributed by atoms with Crippen molar-refractivity contribution in [1.29, 1.82) is 0 Å². The zero-order valence-corrected chi connectivity index (χ0v) is 9.42. The summed E-state index contributed by atoms with van der Waals surface area (Å²) in [5.74, 6) is -1.04. The molecular weight excluding hydrogens is 237 g/mol. The third-order valence-corrected chi connectivity index (χ3v) is 3.05. The number of ether oxygens (including phenoxy) is 1. The number of nitrogens with one attached hydrogen (secondary N) is 1. The number of aliphatic hydroxyl groups excluding tert-OH is 1. The SMILES string of the molecule is COc1cc(NS(=O)(=O)CCO)ccc1F. The molecular formula is C9H12FNO4S. The van der Waals surface area contributed by atoms with Crippen molar-refractivity contribution in [3.63, 3.8) is 0 Å². The van der Waals surface area contributed by atoms with E-state index in [0.717, 1.165) is 6.07 Å². The molecule has 1 aromatic carbocycles. The summed E-state index contributed by atoms with van der Waals surface area (Å²) in [4.78, 5) is 0. The Bertz CT molecular complexity index is 461. The molecule has 0 aromatic heterocycles. The molecule has 2 N–H and O–H groups in total. The van der Waals surface area contributed by atoms with E-state index in [1.165, 1.54) is 19.2 Å². The monoisotopic (exact) mass is 249 g/mol. The summed E-state index contributed by atoms with van der Waals surface area (Å²) in [6.07, 6.45) is 0. The standard InChI is InChI=1S/C9H12FNO4S/c1-15-9-6-7(2-3-8(9)10)11-16(13,14)5-4-12/h2-3,6,11-12H,4-5H2,1H3. The summed E-state index contributed by atoms with van der Waals surface area (Å²) < 4.78 is 42.5.